The molecule has 0 radical (unpaired) electrons. The first-order valence-electron chi connectivity index (χ1n) is 4.79. The van der Waals surface area contributed by atoms with Crippen molar-refractivity contribution >= 4 is 15.4 Å². The fourth-order valence-corrected chi connectivity index (χ4v) is 1.77. The minimum atomic E-state index is 0.257. The third-order valence-corrected chi connectivity index (χ3v) is 2.98. The van der Waals surface area contributed by atoms with Gasteiger partial charge in [-0.05, 0) is 23.4 Å². The monoisotopic (exact) mass is 216 g/mol. The van der Waals surface area contributed by atoms with E-state index in [1.54, 1.807) is 6.07 Å². The van der Waals surface area contributed by atoms with Crippen LogP contribution in [-0.4, -0.2) is 15.3 Å². The van der Waals surface area contributed by atoms with Gasteiger partial charge in [0.15, 0.2) is 11.5 Å². The molecule has 2 nitrogen and oxygen atoms in total. The van der Waals surface area contributed by atoms with Crippen LogP contribution in [0.1, 0.15) is 0 Å². The fraction of sp³-hybridized carbons (Fsp3) is 0. The lowest BCUT2D eigenvalue weighted by atomic mass is 10.3. The van der Waals surface area contributed by atoms with E-state index in [1.807, 2.05) is 42.5 Å². The van der Waals surface area contributed by atoms with E-state index in [1.165, 1.54) is 0 Å². The SMILES string of the molecule is Oc1c([SiH3])cccc1Oc1ccccc1. The summed E-state index contributed by atoms with van der Waals surface area (Å²) >= 11 is 0. The van der Waals surface area contributed by atoms with Crippen molar-refractivity contribution in [2.75, 3.05) is 0 Å². The van der Waals surface area contributed by atoms with Gasteiger partial charge in [0.25, 0.3) is 0 Å². The molecule has 76 valence electrons. The first-order chi connectivity index (χ1) is 7.27. The van der Waals surface area contributed by atoms with E-state index in [0.29, 0.717) is 5.75 Å². The predicted molar refractivity (Wildman–Crippen MR) is 64.2 cm³/mol. The Hall–Kier alpha value is -1.74. The van der Waals surface area contributed by atoms with E-state index in [-0.39, 0.29) is 5.75 Å². The Balaban J connectivity index is 2.29. The van der Waals surface area contributed by atoms with Crippen LogP contribution in [-0.2, 0) is 0 Å². The van der Waals surface area contributed by atoms with Gasteiger partial charge in [0.05, 0.1) is 0 Å². The number of benzene rings is 2. The van der Waals surface area contributed by atoms with Crippen molar-refractivity contribution in [2.45, 2.75) is 0 Å². The summed E-state index contributed by atoms with van der Waals surface area (Å²) in [5.41, 5.74) is 0. The number of phenolic OH excluding ortho intramolecular Hbond substituents is 1. The van der Waals surface area contributed by atoms with E-state index in [0.717, 1.165) is 21.2 Å². The fourth-order valence-electron chi connectivity index (χ4n) is 1.33. The summed E-state index contributed by atoms with van der Waals surface area (Å²) in [5, 5.41) is 10.7. The lowest BCUT2D eigenvalue weighted by molar-refractivity contribution is 0.414. The Morgan fingerprint density at radius 3 is 2.40 bits per heavy atom. The molecule has 3 heteroatoms. The van der Waals surface area contributed by atoms with Crippen LogP contribution >= 0.6 is 0 Å². The molecule has 2 rings (SSSR count). The van der Waals surface area contributed by atoms with Crippen LogP contribution in [0, 0.1) is 0 Å². The molecule has 0 heterocycles. The third-order valence-electron chi connectivity index (χ3n) is 2.17. The normalized spacial score (nSPS) is 10.1. The standard InChI is InChI=1S/C12H12O2Si/c13-12-10(7-4-8-11(12)15)14-9-5-2-1-3-6-9/h1-8,13H,15H3. The molecule has 0 aliphatic carbocycles. The van der Waals surface area contributed by atoms with Gasteiger partial charge in [0.2, 0.25) is 0 Å². The average Bonchev–Trinajstić information content (AvgIpc) is 2.26. The average molecular weight is 216 g/mol. The maximum atomic E-state index is 9.77. The minimum Gasteiger partial charge on any atom is -0.504 e. The predicted octanol–water partition coefficient (Wildman–Crippen LogP) is 1.18. The molecule has 2 aromatic rings. The van der Waals surface area contributed by atoms with Crippen molar-refractivity contribution in [1.29, 1.82) is 0 Å². The second-order valence-electron chi connectivity index (χ2n) is 3.34. The number of phenols is 1. The van der Waals surface area contributed by atoms with Crippen molar-refractivity contribution in [3.05, 3.63) is 48.5 Å². The maximum absolute atomic E-state index is 9.77. The van der Waals surface area contributed by atoms with E-state index < -0.39 is 0 Å². The molecule has 0 aliphatic heterocycles. The molecule has 0 atom stereocenters. The van der Waals surface area contributed by atoms with Gasteiger partial charge < -0.3 is 9.84 Å². The van der Waals surface area contributed by atoms with Gasteiger partial charge in [-0.3, -0.25) is 0 Å². The molecule has 0 unspecified atom stereocenters. The lowest BCUT2D eigenvalue weighted by Crippen LogP contribution is -2.02. The molecular weight excluding hydrogens is 204 g/mol. The summed E-state index contributed by atoms with van der Waals surface area (Å²) in [6.45, 7) is 0. The van der Waals surface area contributed by atoms with Gasteiger partial charge >= 0.3 is 0 Å². The number of hydrogen-bond donors (Lipinski definition) is 1. The molecule has 0 spiro atoms. The maximum Gasteiger partial charge on any atom is 0.168 e. The Labute approximate surface area is 91.6 Å². The summed E-state index contributed by atoms with van der Waals surface area (Å²) in [6, 6.07) is 15.0. The van der Waals surface area contributed by atoms with Gasteiger partial charge in [-0.2, -0.15) is 0 Å². The number of rotatable bonds is 2. The van der Waals surface area contributed by atoms with Crippen LogP contribution in [0.3, 0.4) is 0 Å². The number of ether oxygens (including phenoxy) is 1. The Kier molecular flexibility index (Phi) is 2.74. The van der Waals surface area contributed by atoms with Crippen LogP contribution in [0.2, 0.25) is 0 Å². The zero-order chi connectivity index (χ0) is 10.7. The summed E-state index contributed by atoms with van der Waals surface area (Å²) in [5.74, 6) is 1.52. The highest BCUT2D eigenvalue weighted by Gasteiger charge is 2.04. The molecule has 0 fully saturated rings. The summed E-state index contributed by atoms with van der Waals surface area (Å²) in [6.07, 6.45) is 0. The topological polar surface area (TPSA) is 29.5 Å². The van der Waals surface area contributed by atoms with Crippen LogP contribution < -0.4 is 9.92 Å². The van der Waals surface area contributed by atoms with Crippen molar-refractivity contribution in [3.63, 3.8) is 0 Å². The third kappa shape index (κ3) is 2.19. The summed E-state index contributed by atoms with van der Waals surface area (Å²) < 4.78 is 5.56. The van der Waals surface area contributed by atoms with E-state index in [9.17, 15) is 5.11 Å². The highest BCUT2D eigenvalue weighted by Crippen LogP contribution is 2.27. The van der Waals surface area contributed by atoms with E-state index >= 15 is 0 Å². The number of para-hydroxylation sites is 2. The van der Waals surface area contributed by atoms with Crippen LogP contribution in [0.4, 0.5) is 0 Å². The second-order valence-corrected chi connectivity index (χ2v) is 4.41. The van der Waals surface area contributed by atoms with Gasteiger partial charge in [-0.15, -0.1) is 0 Å². The van der Waals surface area contributed by atoms with Crippen molar-refractivity contribution < 1.29 is 9.84 Å². The molecular formula is C12H12O2Si. The van der Waals surface area contributed by atoms with Gasteiger partial charge in [0, 0.05) is 10.2 Å². The first kappa shape index (κ1) is 9.80. The Morgan fingerprint density at radius 1 is 0.933 bits per heavy atom. The Bertz CT molecular complexity index is 454. The minimum absolute atomic E-state index is 0.257. The molecule has 0 aliphatic rings. The quantitative estimate of drug-likeness (QED) is 0.764. The smallest absolute Gasteiger partial charge is 0.168 e. The molecule has 2 aromatic carbocycles. The summed E-state index contributed by atoms with van der Waals surface area (Å²) in [7, 11) is 0.812. The van der Waals surface area contributed by atoms with Crippen molar-refractivity contribution in [3.8, 4) is 17.2 Å². The second kappa shape index (κ2) is 4.19. The first-order valence-corrected chi connectivity index (χ1v) is 5.79. The number of hydrogen-bond acceptors (Lipinski definition) is 2. The van der Waals surface area contributed by atoms with Gasteiger partial charge in [-0.1, -0.05) is 30.3 Å². The lowest BCUT2D eigenvalue weighted by Gasteiger charge is -2.08. The van der Waals surface area contributed by atoms with Crippen LogP contribution in [0.25, 0.3) is 0 Å². The highest BCUT2D eigenvalue weighted by atomic mass is 28.1. The van der Waals surface area contributed by atoms with Crippen molar-refractivity contribution in [1.82, 2.24) is 0 Å². The van der Waals surface area contributed by atoms with Crippen LogP contribution in [0.5, 0.6) is 17.2 Å². The van der Waals surface area contributed by atoms with Gasteiger partial charge in [-0.25, -0.2) is 0 Å². The zero-order valence-electron chi connectivity index (χ0n) is 8.47. The van der Waals surface area contributed by atoms with E-state index in [2.05, 4.69) is 0 Å². The van der Waals surface area contributed by atoms with Crippen molar-refractivity contribution in [2.24, 2.45) is 0 Å². The molecule has 15 heavy (non-hydrogen) atoms. The molecule has 0 bridgehead atoms. The number of aromatic hydroxyl groups is 1. The Morgan fingerprint density at radius 2 is 1.67 bits per heavy atom. The molecule has 0 aromatic heterocycles. The highest BCUT2D eigenvalue weighted by molar-refractivity contribution is 6.34. The van der Waals surface area contributed by atoms with Crippen LogP contribution in [0.15, 0.2) is 48.5 Å². The van der Waals surface area contributed by atoms with E-state index in [4.69, 9.17) is 4.74 Å². The summed E-state index contributed by atoms with van der Waals surface area (Å²) in [4.78, 5) is 0. The molecule has 0 saturated carbocycles. The van der Waals surface area contributed by atoms with Gasteiger partial charge in [0.1, 0.15) is 5.75 Å². The zero-order valence-corrected chi connectivity index (χ0v) is 10.5. The molecule has 0 saturated heterocycles. The molecule has 1 N–H and O–H groups in total. The largest absolute Gasteiger partial charge is 0.504 e. The molecule has 0 amide bonds.